The molecule has 7 rings (SSSR count). The summed E-state index contributed by atoms with van der Waals surface area (Å²) in [4.78, 5) is 0. The molecule has 0 radical (unpaired) electrons. The molecule has 4 aromatic carbocycles. The fraction of sp³-hybridized carbons (Fsp3) is 0.167. The molecule has 3 aliphatic rings. The summed E-state index contributed by atoms with van der Waals surface area (Å²) in [6.07, 6.45) is -13.8. The number of hydrogen-bond donors (Lipinski definition) is 0. The average Bonchev–Trinajstić information content (AvgIpc) is 3.50. The Labute approximate surface area is 263 Å². The summed E-state index contributed by atoms with van der Waals surface area (Å²) in [5.41, 5.74) is -4.84. The Morgan fingerprint density at radius 1 is 0.417 bits per heavy atom. The Morgan fingerprint density at radius 2 is 0.875 bits per heavy atom. The fourth-order valence-corrected chi connectivity index (χ4v) is 6.86. The van der Waals surface area contributed by atoms with Crippen LogP contribution in [0.15, 0.2) is 97.1 Å². The highest BCUT2D eigenvalue weighted by Gasteiger charge is 2.41. The number of halogens is 12. The van der Waals surface area contributed by atoms with Crippen molar-refractivity contribution in [2.75, 3.05) is 0 Å². The van der Waals surface area contributed by atoms with Crippen molar-refractivity contribution >= 4 is 11.1 Å². The second-order valence-electron chi connectivity index (χ2n) is 11.7. The minimum Gasteiger partial charge on any atom is -0.166 e. The van der Waals surface area contributed by atoms with Crippen LogP contribution < -0.4 is 10.4 Å². The van der Waals surface area contributed by atoms with Gasteiger partial charge in [0.15, 0.2) is 0 Å². The van der Waals surface area contributed by atoms with Gasteiger partial charge in [-0.2, -0.15) is 52.7 Å². The van der Waals surface area contributed by atoms with Crippen molar-refractivity contribution in [2.24, 2.45) is 5.92 Å². The van der Waals surface area contributed by atoms with Crippen LogP contribution >= 0.6 is 0 Å². The van der Waals surface area contributed by atoms with Crippen molar-refractivity contribution in [3.05, 3.63) is 152 Å². The van der Waals surface area contributed by atoms with Gasteiger partial charge >= 0.3 is 24.7 Å². The molecule has 0 aliphatic heterocycles. The van der Waals surface area contributed by atoms with E-state index < -0.39 is 58.8 Å². The highest BCUT2D eigenvalue weighted by Crippen LogP contribution is 2.46. The first kappa shape index (κ1) is 31.8. The van der Waals surface area contributed by atoms with Crippen LogP contribution in [0.3, 0.4) is 0 Å². The van der Waals surface area contributed by atoms with Gasteiger partial charge in [0.2, 0.25) is 0 Å². The molecular weight excluding hydrogens is 660 g/mol. The number of allylic oxidation sites excluding steroid dienone is 4. The molecular formula is C36H18F12. The number of benzene rings is 4. The second-order valence-corrected chi connectivity index (χ2v) is 11.7. The molecule has 0 nitrogen and oxygen atoms in total. The lowest BCUT2D eigenvalue weighted by molar-refractivity contribution is -0.144. The van der Waals surface area contributed by atoms with Crippen LogP contribution in [0.4, 0.5) is 52.7 Å². The molecule has 2 unspecified atom stereocenters. The summed E-state index contributed by atoms with van der Waals surface area (Å²) in [6, 6.07) is 12.1. The molecule has 0 bridgehead atoms. The van der Waals surface area contributed by atoms with Gasteiger partial charge in [-0.05, 0) is 103 Å². The van der Waals surface area contributed by atoms with Gasteiger partial charge in [0.1, 0.15) is 0 Å². The Bertz CT molecular complexity index is 2120. The Morgan fingerprint density at radius 3 is 1.38 bits per heavy atom. The standard InChI is InChI=1S/C36H18F12/c37-33(38,39)19-9-17(10-20(13-19)34(40,41)42)31-25-7-3-1-5-23(25)27-15-30-28(16-29(27)31)24-6-2-4-8-26(24)32(30)18-11-21(35(43,44)45)14-22(12-18)36(46,47)48/h1-16,23,25H. The maximum absolute atomic E-state index is 13.9. The van der Waals surface area contributed by atoms with Crippen LogP contribution in [0.1, 0.15) is 50.4 Å². The molecule has 48 heavy (non-hydrogen) atoms. The first-order valence-electron chi connectivity index (χ1n) is 14.3. The number of alkyl halides is 12. The van der Waals surface area contributed by atoms with E-state index in [1.54, 1.807) is 54.6 Å². The lowest BCUT2D eigenvalue weighted by Crippen LogP contribution is -2.18. The zero-order chi connectivity index (χ0) is 34.6. The quantitative estimate of drug-likeness (QED) is 0.163. The molecule has 0 saturated heterocycles. The van der Waals surface area contributed by atoms with E-state index in [1.165, 1.54) is 6.07 Å². The molecule has 4 aromatic rings. The van der Waals surface area contributed by atoms with Crippen molar-refractivity contribution in [3.63, 3.8) is 0 Å². The maximum atomic E-state index is 13.9. The van der Waals surface area contributed by atoms with E-state index in [1.807, 2.05) is 0 Å². The normalized spacial score (nSPS) is 18.6. The summed E-state index contributed by atoms with van der Waals surface area (Å²) >= 11 is 0. The van der Waals surface area contributed by atoms with Crippen molar-refractivity contribution < 1.29 is 52.7 Å². The number of rotatable bonds is 2. The molecule has 0 heterocycles. The minimum absolute atomic E-state index is 0.0315. The van der Waals surface area contributed by atoms with Crippen molar-refractivity contribution in [2.45, 2.75) is 30.6 Å². The Balaban J connectivity index is 1.58. The summed E-state index contributed by atoms with van der Waals surface area (Å²) in [7, 11) is 0. The highest BCUT2D eigenvalue weighted by molar-refractivity contribution is 5.96. The summed E-state index contributed by atoms with van der Waals surface area (Å²) in [6.45, 7) is 0. The topological polar surface area (TPSA) is 0 Å². The zero-order valence-corrected chi connectivity index (χ0v) is 23.9. The molecule has 2 atom stereocenters. The lowest BCUT2D eigenvalue weighted by atomic mass is 9.82. The third-order valence-corrected chi connectivity index (χ3v) is 8.84. The molecule has 0 spiro atoms. The summed E-state index contributed by atoms with van der Waals surface area (Å²) in [5.74, 6) is -1.30. The molecule has 0 amide bonds. The van der Waals surface area contributed by atoms with Crippen LogP contribution in [0.2, 0.25) is 0 Å². The van der Waals surface area contributed by atoms with Gasteiger partial charge < -0.3 is 0 Å². The first-order chi connectivity index (χ1) is 22.3. The minimum atomic E-state index is -5.11. The maximum Gasteiger partial charge on any atom is 0.416 e. The van der Waals surface area contributed by atoms with Crippen LogP contribution in [0, 0.1) is 5.92 Å². The van der Waals surface area contributed by atoms with Gasteiger partial charge in [-0.1, -0.05) is 48.6 Å². The smallest absolute Gasteiger partial charge is 0.166 e. The number of fused-ring (bicyclic) bond motifs is 6. The first-order valence-corrected chi connectivity index (χ1v) is 14.3. The highest BCUT2D eigenvalue weighted by atomic mass is 19.4. The van der Waals surface area contributed by atoms with Crippen molar-refractivity contribution in [3.8, 4) is 11.1 Å². The third-order valence-electron chi connectivity index (χ3n) is 8.84. The molecule has 3 aliphatic carbocycles. The van der Waals surface area contributed by atoms with E-state index in [2.05, 4.69) is 0 Å². The molecule has 0 aromatic heterocycles. The van der Waals surface area contributed by atoms with E-state index >= 15 is 0 Å². The SMILES string of the molecule is FC(F)(F)c1cc(C2=c3cc4c(cc3-c3ccccc32)=C(c2cc(C(F)(F)F)cc(C(F)(F)F)c2)C2C=CC=CC42)cc(C(F)(F)F)c1. The van der Waals surface area contributed by atoms with Crippen LogP contribution in [0.25, 0.3) is 22.3 Å². The predicted molar refractivity (Wildman–Crippen MR) is 153 cm³/mol. The van der Waals surface area contributed by atoms with Crippen LogP contribution in [0.5, 0.6) is 0 Å². The zero-order valence-electron chi connectivity index (χ0n) is 23.9. The lowest BCUT2D eigenvalue weighted by Gasteiger charge is -2.22. The molecule has 0 N–H and O–H groups in total. The fourth-order valence-electron chi connectivity index (χ4n) is 6.86. The van der Waals surface area contributed by atoms with Gasteiger partial charge in [-0.15, -0.1) is 0 Å². The van der Waals surface area contributed by atoms with Gasteiger partial charge in [0, 0.05) is 11.8 Å². The van der Waals surface area contributed by atoms with Crippen LogP contribution in [-0.4, -0.2) is 0 Å². The number of hydrogen-bond acceptors (Lipinski definition) is 0. The summed E-state index contributed by atoms with van der Waals surface area (Å²) < 4.78 is 166. The molecule has 12 heteroatoms. The molecule has 0 fully saturated rings. The predicted octanol–water partition coefficient (Wildman–Crippen LogP) is 10.0. The van der Waals surface area contributed by atoms with Gasteiger partial charge in [0.05, 0.1) is 22.3 Å². The van der Waals surface area contributed by atoms with Gasteiger partial charge in [0.25, 0.3) is 0 Å². The molecule has 246 valence electrons. The summed E-state index contributed by atoms with van der Waals surface area (Å²) in [5, 5.41) is 0.605. The molecule has 0 saturated carbocycles. The third kappa shape index (κ3) is 5.21. The monoisotopic (exact) mass is 678 g/mol. The second kappa shape index (κ2) is 10.4. The largest absolute Gasteiger partial charge is 0.416 e. The van der Waals surface area contributed by atoms with Crippen LogP contribution in [-0.2, 0) is 24.7 Å². The van der Waals surface area contributed by atoms with Gasteiger partial charge in [-0.25, -0.2) is 0 Å². The van der Waals surface area contributed by atoms with E-state index in [9.17, 15) is 52.7 Å². The van der Waals surface area contributed by atoms with E-state index in [0.29, 0.717) is 51.7 Å². The van der Waals surface area contributed by atoms with E-state index in [-0.39, 0.29) is 39.6 Å². The van der Waals surface area contributed by atoms with Gasteiger partial charge in [-0.3, -0.25) is 0 Å². The van der Waals surface area contributed by atoms with E-state index in [0.717, 1.165) is 0 Å². The van der Waals surface area contributed by atoms with E-state index in [4.69, 9.17) is 0 Å². The van der Waals surface area contributed by atoms with Crippen molar-refractivity contribution in [1.82, 2.24) is 0 Å². The average molecular weight is 679 g/mol. The Hall–Kier alpha value is -4.74. The Kier molecular flexibility index (Phi) is 6.88. The van der Waals surface area contributed by atoms with Crippen molar-refractivity contribution in [1.29, 1.82) is 0 Å².